The van der Waals surface area contributed by atoms with Gasteiger partial charge in [-0.2, -0.15) is 0 Å². The van der Waals surface area contributed by atoms with E-state index in [1.807, 2.05) is 31.2 Å². The van der Waals surface area contributed by atoms with E-state index in [0.717, 1.165) is 22.2 Å². The number of sulfonamides is 1. The minimum atomic E-state index is -3.80. The first-order chi connectivity index (χ1) is 13.1. The Morgan fingerprint density at radius 3 is 2.46 bits per heavy atom. The summed E-state index contributed by atoms with van der Waals surface area (Å²) in [5, 5.41) is 2.74. The number of hydrogen-bond acceptors (Lipinski definition) is 4. The number of rotatable bonds is 8. The molecule has 0 fully saturated rings. The van der Waals surface area contributed by atoms with Gasteiger partial charge in [-0.25, -0.2) is 12.8 Å². The zero-order valence-electron chi connectivity index (χ0n) is 16.3. The molecule has 0 aliphatic heterocycles. The molecule has 2 rings (SSSR count). The van der Waals surface area contributed by atoms with Gasteiger partial charge in [0.05, 0.1) is 18.0 Å². The molecule has 0 saturated heterocycles. The quantitative estimate of drug-likeness (QED) is 0.729. The van der Waals surface area contributed by atoms with Crippen LogP contribution in [0.3, 0.4) is 0 Å². The van der Waals surface area contributed by atoms with Crippen molar-refractivity contribution in [2.75, 3.05) is 17.2 Å². The SMILES string of the molecule is Cc1ccccc1OC[C@H](C)NC(=O)[C@H](C)N(c1cccc(F)c1)S(C)(=O)=O. The van der Waals surface area contributed by atoms with Crippen molar-refractivity contribution < 1.29 is 22.3 Å². The van der Waals surface area contributed by atoms with Crippen LogP contribution >= 0.6 is 0 Å². The number of para-hydroxylation sites is 1. The Morgan fingerprint density at radius 2 is 1.86 bits per heavy atom. The van der Waals surface area contributed by atoms with E-state index in [4.69, 9.17) is 4.74 Å². The third-order valence-corrected chi connectivity index (χ3v) is 5.36. The van der Waals surface area contributed by atoms with Gasteiger partial charge in [-0.15, -0.1) is 0 Å². The lowest BCUT2D eigenvalue weighted by Crippen LogP contribution is -2.50. The van der Waals surface area contributed by atoms with Gasteiger partial charge in [0.2, 0.25) is 15.9 Å². The van der Waals surface area contributed by atoms with Crippen LogP contribution in [0.25, 0.3) is 0 Å². The van der Waals surface area contributed by atoms with Crippen LogP contribution in [0, 0.1) is 12.7 Å². The molecule has 152 valence electrons. The van der Waals surface area contributed by atoms with Crippen molar-refractivity contribution in [3.63, 3.8) is 0 Å². The summed E-state index contributed by atoms with van der Waals surface area (Å²) < 4.78 is 44.6. The van der Waals surface area contributed by atoms with E-state index in [1.54, 1.807) is 6.92 Å². The average Bonchev–Trinajstić information content (AvgIpc) is 2.60. The molecular formula is C20H25FN2O4S. The van der Waals surface area contributed by atoms with Crippen molar-refractivity contribution in [2.24, 2.45) is 0 Å². The minimum Gasteiger partial charge on any atom is -0.491 e. The first-order valence-electron chi connectivity index (χ1n) is 8.83. The van der Waals surface area contributed by atoms with Crippen LogP contribution in [-0.4, -0.2) is 39.3 Å². The average molecular weight is 408 g/mol. The second-order valence-corrected chi connectivity index (χ2v) is 8.56. The van der Waals surface area contributed by atoms with Crippen LogP contribution in [0.4, 0.5) is 10.1 Å². The molecule has 0 radical (unpaired) electrons. The number of nitrogens with one attached hydrogen (secondary N) is 1. The molecule has 1 amide bonds. The van der Waals surface area contributed by atoms with E-state index in [0.29, 0.717) is 5.75 Å². The Kier molecular flexibility index (Phi) is 7.01. The smallest absolute Gasteiger partial charge is 0.243 e. The second-order valence-electron chi connectivity index (χ2n) is 6.70. The molecular weight excluding hydrogens is 383 g/mol. The molecule has 0 bridgehead atoms. The molecule has 1 N–H and O–H groups in total. The molecule has 2 aromatic rings. The minimum absolute atomic E-state index is 0.0916. The summed E-state index contributed by atoms with van der Waals surface area (Å²) >= 11 is 0. The highest BCUT2D eigenvalue weighted by atomic mass is 32.2. The van der Waals surface area contributed by atoms with Crippen molar-refractivity contribution in [1.82, 2.24) is 5.32 Å². The normalized spacial score (nSPS) is 13.5. The first-order valence-corrected chi connectivity index (χ1v) is 10.7. The fraction of sp³-hybridized carbons (Fsp3) is 0.350. The number of halogens is 1. The Balaban J connectivity index is 2.07. The fourth-order valence-corrected chi connectivity index (χ4v) is 3.93. The maximum Gasteiger partial charge on any atom is 0.243 e. The summed E-state index contributed by atoms with van der Waals surface area (Å²) in [5.74, 6) is -0.372. The Labute approximate surface area is 165 Å². The number of anilines is 1. The molecule has 0 saturated carbocycles. The Morgan fingerprint density at radius 1 is 1.18 bits per heavy atom. The molecule has 0 spiro atoms. The Hall–Kier alpha value is -2.61. The van der Waals surface area contributed by atoms with E-state index in [-0.39, 0.29) is 18.3 Å². The van der Waals surface area contributed by atoms with Crippen molar-refractivity contribution in [3.8, 4) is 5.75 Å². The molecule has 0 aromatic heterocycles. The monoisotopic (exact) mass is 408 g/mol. The molecule has 6 nitrogen and oxygen atoms in total. The van der Waals surface area contributed by atoms with Gasteiger partial charge in [-0.3, -0.25) is 9.10 Å². The third-order valence-electron chi connectivity index (χ3n) is 4.12. The standard InChI is InChI=1S/C20H25FN2O4S/c1-14-8-5-6-11-19(14)27-13-15(2)22-20(24)16(3)23(28(4,25)26)18-10-7-9-17(21)12-18/h5-12,15-16H,13H2,1-4H3,(H,22,24)/t15-,16-/m0/s1. The van der Waals surface area contributed by atoms with E-state index in [1.165, 1.54) is 25.1 Å². The molecule has 0 unspecified atom stereocenters. The zero-order valence-corrected chi connectivity index (χ0v) is 17.2. The van der Waals surface area contributed by atoms with Crippen molar-refractivity contribution in [2.45, 2.75) is 32.9 Å². The maximum atomic E-state index is 13.5. The van der Waals surface area contributed by atoms with Crippen LogP contribution in [0.1, 0.15) is 19.4 Å². The lowest BCUT2D eigenvalue weighted by Gasteiger charge is -2.29. The predicted molar refractivity (Wildman–Crippen MR) is 107 cm³/mol. The summed E-state index contributed by atoms with van der Waals surface area (Å²) in [5.41, 5.74) is 1.07. The Bertz CT molecular complexity index is 933. The molecule has 2 atom stereocenters. The molecule has 2 aromatic carbocycles. The largest absolute Gasteiger partial charge is 0.491 e. The zero-order chi connectivity index (χ0) is 20.9. The van der Waals surface area contributed by atoms with Crippen LogP contribution in [0.2, 0.25) is 0 Å². The number of amides is 1. The van der Waals surface area contributed by atoms with Gasteiger partial charge in [-0.1, -0.05) is 24.3 Å². The fourth-order valence-electron chi connectivity index (χ4n) is 2.76. The molecule has 28 heavy (non-hydrogen) atoms. The van der Waals surface area contributed by atoms with Gasteiger partial charge < -0.3 is 10.1 Å². The number of hydrogen-bond donors (Lipinski definition) is 1. The highest BCUT2D eigenvalue weighted by Gasteiger charge is 2.30. The van der Waals surface area contributed by atoms with Crippen molar-refractivity contribution in [3.05, 3.63) is 59.9 Å². The number of nitrogens with zero attached hydrogens (tertiary/aromatic N) is 1. The highest BCUT2D eigenvalue weighted by molar-refractivity contribution is 7.92. The lowest BCUT2D eigenvalue weighted by molar-refractivity contribution is -0.122. The number of carbonyl (C=O) groups is 1. The summed E-state index contributed by atoms with van der Waals surface area (Å²) in [7, 11) is -3.80. The van der Waals surface area contributed by atoms with Crippen LogP contribution < -0.4 is 14.4 Å². The van der Waals surface area contributed by atoms with Gasteiger partial charge in [0, 0.05) is 0 Å². The van der Waals surface area contributed by atoms with E-state index in [9.17, 15) is 17.6 Å². The van der Waals surface area contributed by atoms with Crippen molar-refractivity contribution >= 4 is 21.6 Å². The van der Waals surface area contributed by atoms with E-state index in [2.05, 4.69) is 5.32 Å². The van der Waals surface area contributed by atoms with Gasteiger partial charge >= 0.3 is 0 Å². The van der Waals surface area contributed by atoms with Crippen LogP contribution in [0.15, 0.2) is 48.5 Å². The number of aryl methyl sites for hydroxylation is 1. The molecule has 0 aliphatic rings. The topological polar surface area (TPSA) is 75.7 Å². The molecule has 0 aliphatic carbocycles. The van der Waals surface area contributed by atoms with Gasteiger partial charge in [0.15, 0.2) is 0 Å². The summed E-state index contributed by atoms with van der Waals surface area (Å²) in [4.78, 5) is 12.6. The summed E-state index contributed by atoms with van der Waals surface area (Å²) in [6, 6.07) is 11.2. The second kappa shape index (κ2) is 9.05. The highest BCUT2D eigenvalue weighted by Crippen LogP contribution is 2.22. The summed E-state index contributed by atoms with van der Waals surface area (Å²) in [6.07, 6.45) is 0.979. The number of ether oxygens (including phenoxy) is 1. The summed E-state index contributed by atoms with van der Waals surface area (Å²) in [6.45, 7) is 5.36. The lowest BCUT2D eigenvalue weighted by atomic mass is 10.2. The van der Waals surface area contributed by atoms with Crippen LogP contribution in [0.5, 0.6) is 5.75 Å². The van der Waals surface area contributed by atoms with Gasteiger partial charge in [0.1, 0.15) is 24.2 Å². The molecule has 8 heteroatoms. The van der Waals surface area contributed by atoms with E-state index >= 15 is 0 Å². The van der Waals surface area contributed by atoms with Crippen LogP contribution in [-0.2, 0) is 14.8 Å². The third kappa shape index (κ3) is 5.69. The number of benzene rings is 2. The first kappa shape index (κ1) is 21.7. The van der Waals surface area contributed by atoms with E-state index < -0.39 is 27.8 Å². The van der Waals surface area contributed by atoms with Gasteiger partial charge in [0.25, 0.3) is 0 Å². The number of carbonyl (C=O) groups excluding carboxylic acids is 1. The van der Waals surface area contributed by atoms with Crippen molar-refractivity contribution in [1.29, 1.82) is 0 Å². The van der Waals surface area contributed by atoms with Gasteiger partial charge in [-0.05, 0) is 50.6 Å². The maximum absolute atomic E-state index is 13.5. The molecule has 0 heterocycles. The predicted octanol–water partition coefficient (Wildman–Crippen LogP) is 2.87.